The van der Waals surface area contributed by atoms with Crippen molar-refractivity contribution in [3.05, 3.63) is 11.6 Å². The average Bonchev–Trinajstić information content (AvgIpc) is 2.73. The second kappa shape index (κ2) is 9.35. The predicted octanol–water partition coefficient (Wildman–Crippen LogP) is 5.36. The second-order valence-corrected chi connectivity index (χ2v) is 13.1. The Bertz CT molecular complexity index is 273. The van der Waals surface area contributed by atoms with E-state index in [2.05, 4.69) is 26.8 Å². The minimum absolute atomic E-state index is 1.12. The van der Waals surface area contributed by atoms with Crippen molar-refractivity contribution < 1.29 is 0 Å². The quantitative estimate of drug-likeness (QED) is 0.496. The van der Waals surface area contributed by atoms with E-state index in [4.69, 9.17) is 0 Å². The van der Waals surface area contributed by atoms with E-state index >= 15 is 0 Å². The molecule has 0 radical (unpaired) electrons. The molecule has 0 spiro atoms. The monoisotopic (exact) mass is 342 g/mol. The van der Waals surface area contributed by atoms with Gasteiger partial charge in [-0.15, -0.1) is 0 Å². The summed E-state index contributed by atoms with van der Waals surface area (Å²) in [6.07, 6.45) is 14.0. The van der Waals surface area contributed by atoms with Gasteiger partial charge in [-0.05, 0) is 0 Å². The fourth-order valence-electron chi connectivity index (χ4n) is 2.67. The van der Waals surface area contributed by atoms with Gasteiger partial charge in [0.05, 0.1) is 0 Å². The van der Waals surface area contributed by atoms with Gasteiger partial charge in [0, 0.05) is 0 Å². The summed E-state index contributed by atoms with van der Waals surface area (Å²) < 4.78 is 5.21. The van der Waals surface area contributed by atoms with E-state index in [-0.39, 0.29) is 0 Å². The molecule has 0 N–H and O–H groups in total. The van der Waals surface area contributed by atoms with Crippen molar-refractivity contribution in [1.29, 1.82) is 0 Å². The summed E-state index contributed by atoms with van der Waals surface area (Å²) in [7, 11) is 0. The van der Waals surface area contributed by atoms with E-state index in [1.807, 2.05) is 9.09 Å². The molecule has 0 nitrogen and oxygen atoms in total. The Hall–Kier alpha value is 0.409. The van der Waals surface area contributed by atoms with E-state index in [1.165, 1.54) is 51.4 Å². The molecule has 0 aromatic rings. The van der Waals surface area contributed by atoms with Crippen LogP contribution in [0.25, 0.3) is 0 Å². The Balaban J connectivity index is 2.60. The zero-order valence-electron chi connectivity index (χ0n) is 12.1. The second-order valence-electron chi connectivity index (χ2n) is 5.33. The van der Waals surface area contributed by atoms with E-state index in [1.54, 1.807) is 8.87 Å². The summed E-state index contributed by atoms with van der Waals surface area (Å²) in [5.74, 6) is 0. The summed E-state index contributed by atoms with van der Waals surface area (Å²) in [5.41, 5.74) is 1.82. The summed E-state index contributed by atoms with van der Waals surface area (Å²) in [6.45, 7) is 6.99. The van der Waals surface area contributed by atoms with Crippen LogP contribution in [-0.2, 0) is 0 Å². The van der Waals surface area contributed by atoms with Crippen LogP contribution in [0.5, 0.6) is 0 Å². The fourth-order valence-corrected chi connectivity index (χ4v) is 11.9. The van der Waals surface area contributed by atoms with Crippen molar-refractivity contribution in [1.82, 2.24) is 0 Å². The number of hydrogen-bond donors (Lipinski definition) is 0. The third-order valence-electron chi connectivity index (χ3n) is 3.82. The standard InChI is InChI=1S/C12H21.C4H9.Sn/c1-4-7-9-11-12(6-3)10-8-5-2;1-3-4-2;/h6H,3-5,7-10H2,1-2H3;1,3-4H2,2H3;. The first-order valence-electron chi connectivity index (χ1n) is 7.73. The Kier molecular flexibility index (Phi) is 8.51. The van der Waals surface area contributed by atoms with Crippen molar-refractivity contribution in [3.63, 3.8) is 0 Å². The van der Waals surface area contributed by atoms with Gasteiger partial charge >= 0.3 is 115 Å². The van der Waals surface area contributed by atoms with Crippen LogP contribution in [0.15, 0.2) is 11.6 Å². The number of hydrogen-bond acceptors (Lipinski definition) is 0. The first-order valence-corrected chi connectivity index (χ1v) is 13.2. The molecule has 1 heterocycles. The molecule has 17 heavy (non-hydrogen) atoms. The molecule has 0 fully saturated rings. The normalized spacial score (nSPS) is 15.6. The summed E-state index contributed by atoms with van der Waals surface area (Å²) in [6, 6.07) is 0. The topological polar surface area (TPSA) is 0 Å². The van der Waals surface area contributed by atoms with Gasteiger partial charge in [-0.3, -0.25) is 0 Å². The average molecular weight is 341 g/mol. The van der Waals surface area contributed by atoms with Gasteiger partial charge in [-0.1, -0.05) is 0 Å². The summed E-state index contributed by atoms with van der Waals surface area (Å²) in [5, 5.41) is 0. The van der Waals surface area contributed by atoms with Crippen LogP contribution >= 0.6 is 0 Å². The van der Waals surface area contributed by atoms with Crippen LogP contribution in [0.2, 0.25) is 8.87 Å². The summed E-state index contributed by atoms with van der Waals surface area (Å²) in [4.78, 5) is 0. The molecule has 0 aromatic carbocycles. The Morgan fingerprint density at radius 2 is 1.59 bits per heavy atom. The van der Waals surface area contributed by atoms with Crippen molar-refractivity contribution in [2.24, 2.45) is 0 Å². The van der Waals surface area contributed by atoms with Gasteiger partial charge in [0.25, 0.3) is 0 Å². The third-order valence-corrected chi connectivity index (χ3v) is 12.6. The molecular formula is C16H30Sn. The van der Waals surface area contributed by atoms with Crippen molar-refractivity contribution in [2.75, 3.05) is 0 Å². The molecular weight excluding hydrogens is 311 g/mol. The number of allylic oxidation sites excluding steroid dienone is 2. The predicted molar refractivity (Wildman–Crippen MR) is 82.4 cm³/mol. The molecule has 98 valence electrons. The minimum atomic E-state index is -1.12. The maximum atomic E-state index is 2.64. The van der Waals surface area contributed by atoms with Gasteiger partial charge in [-0.25, -0.2) is 0 Å². The maximum absolute atomic E-state index is 2.64. The molecule has 0 bridgehead atoms. The van der Waals surface area contributed by atoms with Gasteiger partial charge in [0.15, 0.2) is 0 Å². The summed E-state index contributed by atoms with van der Waals surface area (Å²) >= 11 is -1.12. The molecule has 0 atom stereocenters. The van der Waals surface area contributed by atoms with Crippen LogP contribution in [-0.4, -0.2) is 22.8 Å². The van der Waals surface area contributed by atoms with E-state index in [9.17, 15) is 0 Å². The van der Waals surface area contributed by atoms with E-state index in [0.29, 0.717) is 0 Å². The third kappa shape index (κ3) is 5.28. The molecule has 0 saturated carbocycles. The van der Waals surface area contributed by atoms with Crippen LogP contribution in [0.4, 0.5) is 0 Å². The van der Waals surface area contributed by atoms with Crippen LogP contribution in [0.3, 0.4) is 0 Å². The van der Waals surface area contributed by atoms with Gasteiger partial charge < -0.3 is 0 Å². The zero-order chi connectivity index (χ0) is 12.5. The van der Waals surface area contributed by atoms with Crippen LogP contribution in [0, 0.1) is 0 Å². The number of rotatable bonds is 9. The molecule has 0 aliphatic carbocycles. The van der Waals surface area contributed by atoms with Crippen LogP contribution in [0.1, 0.15) is 72.1 Å². The molecule has 0 amide bonds. The molecule has 1 aliphatic heterocycles. The Labute approximate surface area is 115 Å². The zero-order valence-corrected chi connectivity index (χ0v) is 15.0. The molecule has 0 saturated heterocycles. The van der Waals surface area contributed by atoms with Gasteiger partial charge in [0.1, 0.15) is 0 Å². The van der Waals surface area contributed by atoms with Crippen molar-refractivity contribution >= 4 is 22.8 Å². The van der Waals surface area contributed by atoms with Gasteiger partial charge in [0.2, 0.25) is 0 Å². The SMILES string of the molecule is CCCCC1=C[CH2][Sn]([CH2]CCC)=[C]1CCCC. The molecule has 1 aliphatic rings. The fraction of sp³-hybridized carbons (Fsp3) is 0.812. The van der Waals surface area contributed by atoms with E-state index in [0.717, 1.165) is 0 Å². The Morgan fingerprint density at radius 3 is 2.24 bits per heavy atom. The first kappa shape index (κ1) is 15.5. The number of unbranched alkanes of at least 4 members (excludes halogenated alkanes) is 3. The molecule has 0 unspecified atom stereocenters. The van der Waals surface area contributed by atoms with E-state index < -0.39 is 19.3 Å². The van der Waals surface area contributed by atoms with Crippen molar-refractivity contribution in [2.45, 2.75) is 81.0 Å². The molecule has 0 aromatic heterocycles. The molecule has 1 rings (SSSR count). The van der Waals surface area contributed by atoms with Crippen molar-refractivity contribution in [3.8, 4) is 0 Å². The van der Waals surface area contributed by atoms with Crippen LogP contribution < -0.4 is 0 Å². The first-order chi connectivity index (χ1) is 8.33. The Morgan fingerprint density at radius 1 is 0.941 bits per heavy atom. The molecule has 1 heteroatoms. The van der Waals surface area contributed by atoms with Gasteiger partial charge in [-0.2, -0.15) is 0 Å².